The molecule has 25 heteroatoms. The molecule has 19 nitrogen and oxygen atoms in total. The lowest BCUT2D eigenvalue weighted by Gasteiger charge is -2.08. The molecule has 0 aromatic heterocycles. The van der Waals surface area contributed by atoms with E-state index in [1.807, 2.05) is 0 Å². The third-order valence-corrected chi connectivity index (χ3v) is 6.99. The lowest BCUT2D eigenvalue weighted by Crippen LogP contribution is -2.15. The van der Waals surface area contributed by atoms with Crippen molar-refractivity contribution in [3.8, 4) is 0 Å². The van der Waals surface area contributed by atoms with Gasteiger partial charge in [-0.25, -0.2) is 17.3 Å². The number of nitrogens with zero attached hydrogens (tertiary/aromatic N) is 1. The fourth-order valence-electron chi connectivity index (χ4n) is 0.509. The van der Waals surface area contributed by atoms with Gasteiger partial charge in [0.25, 0.3) is 10.1 Å². The summed E-state index contributed by atoms with van der Waals surface area (Å²) in [6, 6.07) is 0. The normalized spacial score (nSPS) is 12.4. The molecule has 0 bridgehead atoms. The Morgan fingerprint density at radius 2 is 0.897 bits per heavy atom. The van der Waals surface area contributed by atoms with E-state index in [4.69, 9.17) is 0 Å². The second kappa shape index (κ2) is 32.7. The first-order valence-corrected chi connectivity index (χ1v) is 17.2. The summed E-state index contributed by atoms with van der Waals surface area (Å²) in [5.74, 6) is 0. The van der Waals surface area contributed by atoms with Gasteiger partial charge in [0, 0.05) is 41.7 Å². The van der Waals surface area contributed by atoms with Crippen LogP contribution in [0.4, 0.5) is 0 Å². The van der Waals surface area contributed by atoms with Crippen LogP contribution in [0.1, 0.15) is 0 Å². The van der Waals surface area contributed by atoms with E-state index >= 15 is 0 Å². The highest BCUT2D eigenvalue weighted by atomic mass is 32.3. The van der Waals surface area contributed by atoms with Crippen molar-refractivity contribution in [2.45, 2.75) is 0 Å². The van der Waals surface area contributed by atoms with Crippen LogP contribution in [-0.4, -0.2) is 131 Å². The minimum absolute atomic E-state index is 0.993. The number of hydrogen-bond acceptors (Lipinski definition) is 18. The highest BCUT2D eigenvalue weighted by molar-refractivity contribution is 7.86. The second-order valence-electron chi connectivity index (χ2n) is 4.91. The van der Waals surface area contributed by atoms with Crippen LogP contribution in [0.5, 0.6) is 0 Å². The van der Waals surface area contributed by atoms with Crippen molar-refractivity contribution in [2.24, 2.45) is 0 Å². The average Bonchev–Trinajstić information content (AvgIpc) is 2.92. The fraction of sp³-hybridized carbons (Fsp3) is 1.00. The first kappa shape index (κ1) is 51.8. The summed E-state index contributed by atoms with van der Waals surface area (Å²) in [6.07, 6.45) is 2.47. The van der Waals surface area contributed by atoms with E-state index < -0.39 is 62.0 Å². The molecule has 2 unspecified atom stereocenters. The zero-order chi connectivity index (χ0) is 32.9. The van der Waals surface area contributed by atoms with E-state index in [0.717, 1.165) is 27.6 Å². The molecule has 0 spiro atoms. The molecule has 39 heavy (non-hydrogen) atoms. The number of rotatable bonds is 11. The lowest BCUT2D eigenvalue weighted by molar-refractivity contribution is 0.178. The summed E-state index contributed by atoms with van der Waals surface area (Å²) in [5, 5.41) is 0. The Morgan fingerprint density at radius 3 is 0.897 bits per heavy atom. The molecule has 0 amide bonds. The first-order chi connectivity index (χ1) is 17.6. The molecular formula is C14H42NO18PS5. The van der Waals surface area contributed by atoms with E-state index in [0.29, 0.717) is 0 Å². The molecule has 0 saturated carbocycles. The van der Waals surface area contributed by atoms with E-state index in [-0.39, 0.29) is 0 Å². The van der Waals surface area contributed by atoms with Crippen LogP contribution >= 0.6 is 7.82 Å². The maximum Gasteiger partial charge on any atom is 0.473 e. The van der Waals surface area contributed by atoms with Gasteiger partial charge in [-0.3, -0.25) is 42.9 Å². The molecule has 0 aliphatic heterocycles. The van der Waals surface area contributed by atoms with Crippen molar-refractivity contribution in [1.82, 2.24) is 4.31 Å². The van der Waals surface area contributed by atoms with Crippen molar-refractivity contribution in [1.29, 1.82) is 0 Å². The second-order valence-corrected chi connectivity index (χ2v) is 13.8. The third-order valence-electron chi connectivity index (χ3n) is 2.33. The summed E-state index contributed by atoms with van der Waals surface area (Å²) in [5.41, 5.74) is 0. The van der Waals surface area contributed by atoms with Gasteiger partial charge in [-0.1, -0.05) is 0 Å². The maximum absolute atomic E-state index is 10.7. The molecule has 2 atom stereocenters. The third kappa shape index (κ3) is 54.8. The van der Waals surface area contributed by atoms with Crippen molar-refractivity contribution in [3.63, 3.8) is 0 Å². The van der Waals surface area contributed by atoms with Crippen LogP contribution in [0.3, 0.4) is 0 Å². The molecule has 0 saturated heterocycles. The lowest BCUT2D eigenvalue weighted by atomic mass is 11.3. The molecule has 0 rings (SSSR count). The minimum atomic E-state index is -3.66. The van der Waals surface area contributed by atoms with Gasteiger partial charge in [0.2, 0.25) is 11.3 Å². The van der Waals surface area contributed by atoms with E-state index in [2.05, 4.69) is 42.9 Å². The molecule has 0 N–H and O–H groups in total. The maximum atomic E-state index is 10.7. The topological polar surface area (TPSA) is 232 Å². The number of phosphoric acid groups is 1. The van der Waals surface area contributed by atoms with Crippen LogP contribution < -0.4 is 0 Å². The van der Waals surface area contributed by atoms with Gasteiger partial charge in [0.1, 0.15) is 0 Å². The Bertz CT molecular complexity index is 832. The standard InChI is InChI=1S/C3H9NO2S.C3H9O4P.C2H6O4S.2C2H6O3S.C2H6O2S/c1-4(2)7(5)6-3;1-5-8(4,6-2)7-3;1-5-7(3,4)6-2;1-5-6(2,3)4;1-4-6(3)5-2;1-4-5(2)3/h1-3H3;1-3H3;1-2H3;2*1-2H3;1-2H3. The summed E-state index contributed by atoms with van der Waals surface area (Å²) in [7, 11) is 5.73. The molecule has 246 valence electrons. The number of phosphoric ester groups is 1. The van der Waals surface area contributed by atoms with Gasteiger partial charge in [-0.05, 0) is 0 Å². The Morgan fingerprint density at radius 1 is 0.615 bits per heavy atom. The zero-order valence-corrected chi connectivity index (χ0v) is 29.3. The van der Waals surface area contributed by atoms with Crippen LogP contribution in [-0.2, 0) is 102 Å². The predicted octanol–water partition coefficient (Wildman–Crippen LogP) is -0.293. The molecule has 0 radical (unpaired) electrons. The van der Waals surface area contributed by atoms with E-state index in [9.17, 15) is 34.0 Å². The van der Waals surface area contributed by atoms with Crippen LogP contribution in [0.15, 0.2) is 0 Å². The SMILES string of the molecule is COP(=O)(OC)OC.COS(=O)(=O)OC.COS(=O)N(C)C.COS(=O)OC.COS(C)(=O)=O.COS(C)=O. The van der Waals surface area contributed by atoms with Gasteiger partial charge in [0.05, 0.1) is 56.0 Å². The molecule has 0 heterocycles. The van der Waals surface area contributed by atoms with Crippen molar-refractivity contribution >= 4 is 62.0 Å². The fourth-order valence-corrected chi connectivity index (χ4v) is 1.53. The van der Waals surface area contributed by atoms with Gasteiger partial charge in [0.15, 0.2) is 11.1 Å². The molecule has 0 aromatic rings. The summed E-state index contributed by atoms with van der Waals surface area (Å²) >= 11 is -3.85. The number of hydrogen-bond donors (Lipinski definition) is 0. The van der Waals surface area contributed by atoms with Crippen molar-refractivity contribution in [2.75, 3.05) is 97.7 Å². The van der Waals surface area contributed by atoms with Crippen LogP contribution in [0.25, 0.3) is 0 Å². The van der Waals surface area contributed by atoms with Gasteiger partial charge in [-0.15, -0.1) is 0 Å². The quantitative estimate of drug-likeness (QED) is 0.199. The molecule has 0 aliphatic carbocycles. The van der Waals surface area contributed by atoms with Crippen molar-refractivity contribution < 1.29 is 76.9 Å². The molecule has 0 aliphatic rings. The summed E-state index contributed by atoms with van der Waals surface area (Å²) in [4.78, 5) is 0. The van der Waals surface area contributed by atoms with Gasteiger partial charge >= 0.3 is 29.6 Å². The highest BCUT2D eigenvalue weighted by Gasteiger charge is 2.18. The smallest absolute Gasteiger partial charge is 0.294 e. The largest absolute Gasteiger partial charge is 0.473 e. The first-order valence-electron chi connectivity index (χ1n) is 9.04. The van der Waals surface area contributed by atoms with Crippen LogP contribution in [0, 0.1) is 0 Å². The minimum Gasteiger partial charge on any atom is -0.294 e. The van der Waals surface area contributed by atoms with E-state index in [1.54, 1.807) is 14.1 Å². The Kier molecular flexibility index (Phi) is 43.4. The van der Waals surface area contributed by atoms with Crippen molar-refractivity contribution in [3.05, 3.63) is 0 Å². The Labute approximate surface area is 240 Å². The van der Waals surface area contributed by atoms with Gasteiger partial charge < -0.3 is 0 Å². The summed E-state index contributed by atoms with van der Waals surface area (Å²) < 4.78 is 123. The monoisotopic (exact) mass is 703 g/mol. The van der Waals surface area contributed by atoms with Gasteiger partial charge in [-0.2, -0.15) is 21.0 Å². The molecule has 0 aromatic carbocycles. The van der Waals surface area contributed by atoms with Crippen LogP contribution in [0.2, 0.25) is 0 Å². The average molecular weight is 704 g/mol. The predicted molar refractivity (Wildman–Crippen MR) is 145 cm³/mol. The summed E-state index contributed by atoms with van der Waals surface area (Å²) in [6.45, 7) is 0. The van der Waals surface area contributed by atoms with E-state index in [1.165, 1.54) is 60.3 Å². The highest BCUT2D eigenvalue weighted by Crippen LogP contribution is 2.46. The molecule has 0 fully saturated rings. The Hall–Kier alpha value is 0.140. The zero-order valence-electron chi connectivity index (χ0n) is 24.3. The Balaban J connectivity index is -0.0000000843. The molecular weight excluding hydrogens is 661 g/mol.